The fraction of sp³-hybridized carbons (Fsp3) is 0.333. The first-order valence-corrected chi connectivity index (χ1v) is 6.54. The van der Waals surface area contributed by atoms with E-state index < -0.39 is 0 Å². The molecular weight excluding hydrogens is 236 g/mol. The van der Waals surface area contributed by atoms with Crippen molar-refractivity contribution in [3.8, 4) is 11.8 Å². The molecule has 17 heavy (non-hydrogen) atoms. The molecule has 0 saturated heterocycles. The van der Waals surface area contributed by atoms with Crippen LogP contribution in [0.3, 0.4) is 0 Å². The number of amides is 1. The predicted octanol–water partition coefficient (Wildman–Crippen LogP) is 2.28. The highest BCUT2D eigenvalue weighted by Crippen LogP contribution is 2.15. The zero-order valence-corrected chi connectivity index (χ0v) is 10.4. The molecule has 1 aromatic rings. The maximum absolute atomic E-state index is 11.4. The molecule has 0 atom stereocenters. The van der Waals surface area contributed by atoms with Gasteiger partial charge in [-0.25, -0.2) is 0 Å². The number of ether oxygens (including phenoxy) is 1. The van der Waals surface area contributed by atoms with Crippen molar-refractivity contribution in [3.63, 3.8) is 0 Å². The van der Waals surface area contributed by atoms with Crippen molar-refractivity contribution in [2.24, 2.45) is 0 Å². The third-order valence-corrected chi connectivity index (χ3v) is 2.59. The van der Waals surface area contributed by atoms with Crippen molar-refractivity contribution in [3.05, 3.63) is 24.3 Å². The van der Waals surface area contributed by atoms with E-state index in [2.05, 4.69) is 5.32 Å². The fourth-order valence-electron chi connectivity index (χ4n) is 1.17. The van der Waals surface area contributed by atoms with Crippen LogP contribution in [0.5, 0.6) is 5.75 Å². The van der Waals surface area contributed by atoms with Crippen LogP contribution in [0.25, 0.3) is 0 Å². The predicted molar refractivity (Wildman–Crippen MR) is 69.2 cm³/mol. The van der Waals surface area contributed by atoms with Crippen LogP contribution in [0, 0.1) is 11.3 Å². The molecule has 0 heterocycles. The van der Waals surface area contributed by atoms with Crippen LogP contribution in [-0.4, -0.2) is 24.5 Å². The molecule has 1 rings (SSSR count). The third-order valence-electron chi connectivity index (χ3n) is 1.97. The van der Waals surface area contributed by atoms with Crippen LogP contribution in [0.2, 0.25) is 0 Å². The summed E-state index contributed by atoms with van der Waals surface area (Å²) in [6, 6.07) is 8.85. The van der Waals surface area contributed by atoms with E-state index >= 15 is 0 Å². The summed E-state index contributed by atoms with van der Waals surface area (Å²) in [7, 11) is 0. The van der Waals surface area contributed by atoms with Crippen molar-refractivity contribution in [1.82, 2.24) is 0 Å². The van der Waals surface area contributed by atoms with Gasteiger partial charge < -0.3 is 10.1 Å². The molecule has 0 spiro atoms. The number of hydrogen-bond acceptors (Lipinski definition) is 4. The number of thioether (sulfide) groups is 1. The lowest BCUT2D eigenvalue weighted by molar-refractivity contribution is -0.115. The monoisotopic (exact) mass is 250 g/mol. The summed E-state index contributed by atoms with van der Waals surface area (Å²) in [5.41, 5.74) is 0.736. The van der Waals surface area contributed by atoms with Crippen molar-refractivity contribution in [2.45, 2.75) is 6.42 Å². The largest absolute Gasteiger partial charge is 0.479 e. The minimum atomic E-state index is 0.00467. The summed E-state index contributed by atoms with van der Waals surface area (Å²) in [5, 5.41) is 11.1. The van der Waals surface area contributed by atoms with E-state index in [4.69, 9.17) is 10.00 Å². The van der Waals surface area contributed by atoms with Gasteiger partial charge >= 0.3 is 0 Å². The van der Waals surface area contributed by atoms with E-state index in [0.717, 1.165) is 11.4 Å². The van der Waals surface area contributed by atoms with Gasteiger partial charge in [0.2, 0.25) is 5.91 Å². The summed E-state index contributed by atoms with van der Waals surface area (Å²) in [5.74, 6) is 1.44. The van der Waals surface area contributed by atoms with E-state index in [1.807, 2.05) is 12.3 Å². The Morgan fingerprint density at radius 1 is 1.47 bits per heavy atom. The normalized spacial score (nSPS) is 9.41. The van der Waals surface area contributed by atoms with Gasteiger partial charge in [0.1, 0.15) is 11.8 Å². The molecule has 1 N–H and O–H groups in total. The lowest BCUT2D eigenvalue weighted by Gasteiger charge is -2.06. The maximum Gasteiger partial charge on any atom is 0.225 e. The lowest BCUT2D eigenvalue weighted by Crippen LogP contribution is -2.11. The first-order chi connectivity index (χ1) is 8.26. The van der Waals surface area contributed by atoms with Gasteiger partial charge in [-0.15, -0.1) is 0 Å². The van der Waals surface area contributed by atoms with Gasteiger partial charge in [-0.2, -0.15) is 17.0 Å². The molecule has 5 heteroatoms. The molecule has 0 aliphatic carbocycles. The van der Waals surface area contributed by atoms with Crippen molar-refractivity contribution >= 4 is 23.4 Å². The average molecular weight is 250 g/mol. The average Bonchev–Trinajstić information content (AvgIpc) is 2.35. The van der Waals surface area contributed by atoms with Crippen LogP contribution < -0.4 is 10.1 Å². The summed E-state index contributed by atoms with van der Waals surface area (Å²) in [6.07, 6.45) is 2.47. The Labute approximate surface area is 105 Å². The second-order valence-corrected chi connectivity index (χ2v) is 4.25. The Hall–Kier alpha value is -1.67. The quantitative estimate of drug-likeness (QED) is 0.841. The summed E-state index contributed by atoms with van der Waals surface area (Å²) in [6.45, 7) is 0.0272. The first kappa shape index (κ1) is 13.4. The molecule has 0 bridgehead atoms. The number of hydrogen-bond donors (Lipinski definition) is 1. The molecule has 1 amide bonds. The third kappa shape index (κ3) is 5.27. The number of nitrogens with one attached hydrogen (secondary N) is 1. The number of rotatable bonds is 6. The summed E-state index contributed by atoms with van der Waals surface area (Å²) >= 11 is 1.64. The van der Waals surface area contributed by atoms with Gasteiger partial charge in [0, 0.05) is 17.9 Å². The van der Waals surface area contributed by atoms with E-state index in [-0.39, 0.29) is 12.5 Å². The summed E-state index contributed by atoms with van der Waals surface area (Å²) in [4.78, 5) is 11.4. The highest BCUT2D eigenvalue weighted by atomic mass is 32.2. The Bertz CT molecular complexity index is 398. The maximum atomic E-state index is 11.4. The highest BCUT2D eigenvalue weighted by Gasteiger charge is 2.01. The van der Waals surface area contributed by atoms with Gasteiger partial charge in [0.15, 0.2) is 6.61 Å². The molecule has 90 valence electrons. The smallest absolute Gasteiger partial charge is 0.225 e. The number of nitriles is 1. The number of anilines is 1. The Balaban J connectivity index is 2.45. The van der Waals surface area contributed by atoms with Gasteiger partial charge in [-0.1, -0.05) is 0 Å². The first-order valence-electron chi connectivity index (χ1n) is 5.15. The molecule has 4 nitrogen and oxygen atoms in total. The topological polar surface area (TPSA) is 62.1 Å². The van der Waals surface area contributed by atoms with Crippen LogP contribution in [0.1, 0.15) is 6.42 Å². The molecular formula is C12H14N2O2S. The van der Waals surface area contributed by atoms with Crippen molar-refractivity contribution < 1.29 is 9.53 Å². The molecule has 0 aliphatic rings. The van der Waals surface area contributed by atoms with Crippen LogP contribution >= 0.6 is 11.8 Å². The van der Waals surface area contributed by atoms with Gasteiger partial charge in [0.05, 0.1) is 0 Å². The molecule has 0 saturated carbocycles. The van der Waals surface area contributed by atoms with E-state index in [9.17, 15) is 4.79 Å². The summed E-state index contributed by atoms with van der Waals surface area (Å²) < 4.78 is 5.10. The number of carbonyl (C=O) groups is 1. The SMILES string of the molecule is CSCCC(=O)Nc1ccc(OCC#N)cc1. The van der Waals surface area contributed by atoms with Crippen molar-refractivity contribution in [2.75, 3.05) is 23.9 Å². The van der Waals surface area contributed by atoms with Gasteiger partial charge in [0.25, 0.3) is 0 Å². The second kappa shape index (κ2) is 7.58. The Morgan fingerprint density at radius 2 is 2.18 bits per heavy atom. The number of carbonyl (C=O) groups excluding carboxylic acids is 1. The Morgan fingerprint density at radius 3 is 2.76 bits per heavy atom. The van der Waals surface area contributed by atoms with E-state index in [1.54, 1.807) is 36.0 Å². The zero-order valence-electron chi connectivity index (χ0n) is 9.60. The van der Waals surface area contributed by atoms with Crippen molar-refractivity contribution in [1.29, 1.82) is 5.26 Å². The second-order valence-electron chi connectivity index (χ2n) is 3.26. The minimum absolute atomic E-state index is 0.00467. The molecule has 0 fully saturated rings. The van der Waals surface area contributed by atoms with Gasteiger partial charge in [-0.3, -0.25) is 4.79 Å². The zero-order chi connectivity index (χ0) is 12.5. The molecule has 0 unspecified atom stereocenters. The lowest BCUT2D eigenvalue weighted by atomic mass is 10.3. The van der Waals surface area contributed by atoms with E-state index in [1.165, 1.54) is 0 Å². The minimum Gasteiger partial charge on any atom is -0.479 e. The fourth-order valence-corrected chi connectivity index (χ4v) is 1.56. The molecule has 0 radical (unpaired) electrons. The highest BCUT2D eigenvalue weighted by molar-refractivity contribution is 7.98. The van der Waals surface area contributed by atoms with Crippen LogP contribution in [0.4, 0.5) is 5.69 Å². The molecule has 1 aromatic carbocycles. The molecule has 0 aliphatic heterocycles. The van der Waals surface area contributed by atoms with Crippen LogP contribution in [-0.2, 0) is 4.79 Å². The Kier molecular flexibility index (Phi) is 5.97. The number of nitrogens with zero attached hydrogens (tertiary/aromatic N) is 1. The number of benzene rings is 1. The standard InChI is InChI=1S/C12H14N2O2S/c1-17-9-6-12(15)14-10-2-4-11(5-3-10)16-8-7-13/h2-5H,6,8-9H2,1H3,(H,14,15). The van der Waals surface area contributed by atoms with Crippen LogP contribution in [0.15, 0.2) is 24.3 Å². The van der Waals surface area contributed by atoms with E-state index in [0.29, 0.717) is 12.2 Å². The molecule has 0 aromatic heterocycles. The van der Waals surface area contributed by atoms with Gasteiger partial charge in [-0.05, 0) is 30.5 Å².